The van der Waals surface area contributed by atoms with Crippen LogP contribution in [0.2, 0.25) is 0 Å². The second kappa shape index (κ2) is 8.91. The molecule has 166 valence electrons. The van der Waals surface area contributed by atoms with Gasteiger partial charge in [-0.1, -0.05) is 6.58 Å². The van der Waals surface area contributed by atoms with Crippen LogP contribution in [-0.2, 0) is 16.9 Å². The zero-order valence-electron chi connectivity index (χ0n) is 16.0. The van der Waals surface area contributed by atoms with Gasteiger partial charge in [0.15, 0.2) is 11.6 Å². The van der Waals surface area contributed by atoms with Crippen molar-refractivity contribution >= 4 is 17.9 Å². The zero-order valence-corrected chi connectivity index (χ0v) is 16.0. The Balaban J connectivity index is 1.79. The number of amides is 1. The summed E-state index contributed by atoms with van der Waals surface area (Å²) in [4.78, 5) is 23.3. The van der Waals surface area contributed by atoms with Crippen LogP contribution in [0.5, 0.6) is 0 Å². The van der Waals surface area contributed by atoms with Crippen molar-refractivity contribution in [3.05, 3.63) is 73.0 Å². The SMILES string of the molecule is C=CC(F)(F)c1cc(-c2ncn(/C=C\C(=O)NNc3cnccn3)n2)cc(C(F)(F)F)c1. The van der Waals surface area contributed by atoms with Gasteiger partial charge in [0, 0.05) is 35.8 Å². The number of anilines is 1. The molecular formula is C19H14F5N7O. The van der Waals surface area contributed by atoms with Crippen LogP contribution in [0.15, 0.2) is 61.8 Å². The number of nitrogens with one attached hydrogen (secondary N) is 2. The van der Waals surface area contributed by atoms with E-state index in [1.54, 1.807) is 0 Å². The van der Waals surface area contributed by atoms with Crippen molar-refractivity contribution in [3.63, 3.8) is 0 Å². The number of aromatic nitrogens is 5. The standard InChI is InChI=1S/C19H14F5N7O/c1-2-18(20,21)13-7-12(8-14(9-13)19(22,23)24)17-27-11-31(30-17)6-3-16(32)29-28-15-10-25-4-5-26-15/h2-11H,1H2,(H,26,28)(H,29,32)/b6-3-. The van der Waals surface area contributed by atoms with E-state index in [4.69, 9.17) is 0 Å². The summed E-state index contributed by atoms with van der Waals surface area (Å²) >= 11 is 0. The summed E-state index contributed by atoms with van der Waals surface area (Å²) in [5.41, 5.74) is 2.34. The van der Waals surface area contributed by atoms with Crippen LogP contribution in [0.4, 0.5) is 27.8 Å². The largest absolute Gasteiger partial charge is 0.416 e. The van der Waals surface area contributed by atoms with E-state index in [9.17, 15) is 26.7 Å². The first-order valence-corrected chi connectivity index (χ1v) is 8.74. The van der Waals surface area contributed by atoms with Crippen LogP contribution >= 0.6 is 0 Å². The molecule has 2 aromatic heterocycles. The van der Waals surface area contributed by atoms with Crippen LogP contribution in [0, 0.1) is 0 Å². The normalized spacial score (nSPS) is 12.0. The molecule has 0 unspecified atom stereocenters. The number of hydrazine groups is 1. The number of benzene rings is 1. The smallest absolute Gasteiger partial charge is 0.280 e. The Morgan fingerprint density at radius 1 is 1.06 bits per heavy atom. The van der Waals surface area contributed by atoms with Crippen molar-refractivity contribution in [2.24, 2.45) is 0 Å². The predicted octanol–water partition coefficient (Wildman–Crippen LogP) is 3.65. The minimum absolute atomic E-state index is 0.245. The van der Waals surface area contributed by atoms with Crippen molar-refractivity contribution in [2.45, 2.75) is 12.1 Å². The number of carbonyl (C=O) groups is 1. The van der Waals surface area contributed by atoms with E-state index in [1.807, 2.05) is 0 Å². The monoisotopic (exact) mass is 451 g/mol. The fourth-order valence-corrected chi connectivity index (χ4v) is 2.38. The first-order valence-electron chi connectivity index (χ1n) is 8.74. The van der Waals surface area contributed by atoms with Crippen molar-refractivity contribution < 1.29 is 26.7 Å². The summed E-state index contributed by atoms with van der Waals surface area (Å²) < 4.78 is 68.5. The first kappa shape index (κ1) is 22.5. The van der Waals surface area contributed by atoms with Crippen LogP contribution in [0.3, 0.4) is 0 Å². The molecule has 0 aliphatic heterocycles. The Kier molecular flexibility index (Phi) is 6.27. The number of hydrogen-bond donors (Lipinski definition) is 2. The Bertz CT molecular complexity index is 1140. The molecule has 0 fully saturated rings. The number of hydrogen-bond acceptors (Lipinski definition) is 6. The first-order chi connectivity index (χ1) is 15.1. The van der Waals surface area contributed by atoms with E-state index < -0.39 is 29.1 Å². The molecule has 1 aromatic carbocycles. The molecule has 0 radical (unpaired) electrons. The summed E-state index contributed by atoms with van der Waals surface area (Å²) in [7, 11) is 0. The molecule has 13 heteroatoms. The number of nitrogens with zero attached hydrogens (tertiary/aromatic N) is 5. The number of allylic oxidation sites excluding steroid dienone is 1. The minimum atomic E-state index is -4.86. The van der Waals surface area contributed by atoms with E-state index >= 15 is 0 Å². The third-order valence-electron chi connectivity index (χ3n) is 3.92. The summed E-state index contributed by atoms with van der Waals surface area (Å²) in [6.45, 7) is 2.96. The lowest BCUT2D eigenvalue weighted by Crippen LogP contribution is -2.28. The molecular weight excluding hydrogens is 437 g/mol. The average Bonchev–Trinajstić information content (AvgIpc) is 3.25. The van der Waals surface area contributed by atoms with E-state index in [2.05, 4.69) is 37.5 Å². The third-order valence-corrected chi connectivity index (χ3v) is 3.92. The van der Waals surface area contributed by atoms with Crippen LogP contribution < -0.4 is 10.9 Å². The third kappa shape index (κ3) is 5.50. The molecule has 3 rings (SSSR count). The maximum absolute atomic E-state index is 14.0. The summed E-state index contributed by atoms with van der Waals surface area (Å²) in [5.74, 6) is -4.26. The van der Waals surface area contributed by atoms with Crippen LogP contribution in [0.25, 0.3) is 17.6 Å². The number of alkyl halides is 5. The zero-order chi connectivity index (χ0) is 23.4. The molecule has 0 saturated carbocycles. The molecule has 2 N–H and O–H groups in total. The van der Waals surface area contributed by atoms with Gasteiger partial charge in [0.2, 0.25) is 0 Å². The van der Waals surface area contributed by atoms with Gasteiger partial charge >= 0.3 is 6.18 Å². The van der Waals surface area contributed by atoms with E-state index in [-0.39, 0.29) is 23.3 Å². The summed E-state index contributed by atoms with van der Waals surface area (Å²) in [6.07, 6.45) is 2.91. The molecule has 32 heavy (non-hydrogen) atoms. The Hall–Kier alpha value is -4.16. The van der Waals surface area contributed by atoms with Crippen molar-refractivity contribution in [3.8, 4) is 11.4 Å². The quantitative estimate of drug-likeness (QED) is 0.246. The van der Waals surface area contributed by atoms with Crippen molar-refractivity contribution in [1.29, 1.82) is 0 Å². The van der Waals surface area contributed by atoms with Gasteiger partial charge in [-0.05, 0) is 24.3 Å². The Morgan fingerprint density at radius 3 is 2.47 bits per heavy atom. The van der Waals surface area contributed by atoms with Crippen LogP contribution in [-0.4, -0.2) is 30.6 Å². The fraction of sp³-hybridized carbons (Fsp3) is 0.105. The Morgan fingerprint density at radius 2 is 1.81 bits per heavy atom. The lowest BCUT2D eigenvalue weighted by Gasteiger charge is -2.16. The number of carbonyl (C=O) groups excluding carboxylic acids is 1. The molecule has 8 nitrogen and oxygen atoms in total. The van der Waals surface area contributed by atoms with E-state index in [0.29, 0.717) is 12.1 Å². The van der Waals surface area contributed by atoms with Crippen molar-refractivity contribution in [2.75, 3.05) is 5.43 Å². The van der Waals surface area contributed by atoms with Crippen LogP contribution in [0.1, 0.15) is 11.1 Å². The lowest BCUT2D eigenvalue weighted by atomic mass is 10.0. The molecule has 2 heterocycles. The van der Waals surface area contributed by atoms with Gasteiger partial charge in [0.25, 0.3) is 11.8 Å². The highest BCUT2D eigenvalue weighted by atomic mass is 19.4. The van der Waals surface area contributed by atoms with Gasteiger partial charge in [-0.15, -0.1) is 5.10 Å². The number of halogens is 5. The van der Waals surface area contributed by atoms with Crippen molar-refractivity contribution in [1.82, 2.24) is 30.2 Å². The molecule has 0 bridgehead atoms. The fourth-order valence-electron chi connectivity index (χ4n) is 2.38. The highest BCUT2D eigenvalue weighted by molar-refractivity contribution is 5.90. The molecule has 0 aliphatic rings. The molecule has 0 aliphatic carbocycles. The molecule has 0 spiro atoms. The maximum atomic E-state index is 14.0. The minimum Gasteiger partial charge on any atom is -0.280 e. The molecule has 3 aromatic rings. The molecule has 1 amide bonds. The summed E-state index contributed by atoms with van der Waals surface area (Å²) in [6, 6.07) is 1.85. The number of rotatable bonds is 7. The van der Waals surface area contributed by atoms with Gasteiger partial charge in [0.1, 0.15) is 6.33 Å². The van der Waals surface area contributed by atoms with Gasteiger partial charge in [-0.25, -0.2) is 14.6 Å². The molecule has 0 saturated heterocycles. The predicted molar refractivity (Wildman–Crippen MR) is 104 cm³/mol. The van der Waals surface area contributed by atoms with Gasteiger partial charge in [0.05, 0.1) is 11.8 Å². The van der Waals surface area contributed by atoms with Gasteiger partial charge < -0.3 is 0 Å². The molecule has 0 atom stereocenters. The van der Waals surface area contributed by atoms with Gasteiger partial charge in [-0.3, -0.25) is 20.6 Å². The lowest BCUT2D eigenvalue weighted by molar-refractivity contribution is -0.137. The van der Waals surface area contributed by atoms with E-state index in [1.165, 1.54) is 18.6 Å². The second-order valence-electron chi connectivity index (χ2n) is 6.19. The highest BCUT2D eigenvalue weighted by Gasteiger charge is 2.35. The maximum Gasteiger partial charge on any atom is 0.416 e. The summed E-state index contributed by atoms with van der Waals surface area (Å²) in [5, 5.41) is 3.90. The average molecular weight is 451 g/mol. The second-order valence-corrected chi connectivity index (χ2v) is 6.19. The van der Waals surface area contributed by atoms with Gasteiger partial charge in [-0.2, -0.15) is 22.0 Å². The topological polar surface area (TPSA) is 97.6 Å². The Labute approximate surface area is 177 Å². The van der Waals surface area contributed by atoms with E-state index in [0.717, 1.165) is 29.4 Å². The highest BCUT2D eigenvalue weighted by Crippen LogP contribution is 2.37.